The van der Waals surface area contributed by atoms with Crippen molar-refractivity contribution < 1.29 is 83.2 Å². The van der Waals surface area contributed by atoms with Gasteiger partial charge in [0.05, 0.1) is 20.3 Å². The summed E-state index contributed by atoms with van der Waals surface area (Å²) < 4.78 is 44.4. The molecule has 0 spiro atoms. The number of phenols is 2. The Morgan fingerprint density at radius 1 is 0.837 bits per heavy atom. The van der Waals surface area contributed by atoms with Crippen LogP contribution in [0.5, 0.6) is 34.5 Å². The van der Waals surface area contributed by atoms with Crippen molar-refractivity contribution in [3.05, 3.63) is 34.5 Å². The number of benzene rings is 2. The molecule has 1 aromatic heterocycles. The summed E-state index contributed by atoms with van der Waals surface area (Å²) in [6, 6.07) is 4.73. The quantitative estimate of drug-likeness (QED) is 0.127. The van der Waals surface area contributed by atoms with Crippen molar-refractivity contribution in [2.24, 2.45) is 0 Å². The van der Waals surface area contributed by atoms with Gasteiger partial charge in [-0.2, -0.15) is 0 Å². The molecule has 0 amide bonds. The highest BCUT2D eigenvalue weighted by Gasteiger charge is 2.51. The lowest BCUT2D eigenvalue weighted by atomic mass is 9.97. The van der Waals surface area contributed by atoms with Crippen molar-refractivity contribution in [3.8, 4) is 45.8 Å². The van der Waals surface area contributed by atoms with E-state index in [1.165, 1.54) is 32.2 Å². The summed E-state index contributed by atoms with van der Waals surface area (Å²) in [6.45, 7) is 1.93. The van der Waals surface area contributed by atoms with Crippen LogP contribution in [0.1, 0.15) is 13.8 Å². The molecule has 3 aromatic rings. The fraction of sp³-hybridized carbons (Fsp3) is 0.484. The van der Waals surface area contributed by atoms with E-state index in [2.05, 4.69) is 0 Å². The maximum absolute atomic E-state index is 13.3. The minimum Gasteiger partial charge on any atom is -0.507 e. The minimum atomic E-state index is -1.89. The second-order valence-electron chi connectivity index (χ2n) is 11.4. The lowest BCUT2D eigenvalue weighted by Gasteiger charge is -2.45. The van der Waals surface area contributed by atoms with Gasteiger partial charge in [0.1, 0.15) is 54.4 Å². The normalized spacial score (nSPS) is 30.1. The van der Waals surface area contributed by atoms with Crippen LogP contribution in [0.3, 0.4) is 0 Å². The van der Waals surface area contributed by atoms with Crippen molar-refractivity contribution in [1.82, 2.24) is 0 Å². The Balaban J connectivity index is 1.59. The first-order valence-corrected chi connectivity index (χ1v) is 14.8. The Morgan fingerprint density at radius 3 is 2.20 bits per heavy atom. The van der Waals surface area contributed by atoms with E-state index in [0.717, 1.165) is 20.1 Å². The molecule has 10 atom stereocenters. The van der Waals surface area contributed by atoms with Gasteiger partial charge in [-0.3, -0.25) is 9.59 Å². The zero-order valence-corrected chi connectivity index (χ0v) is 26.5. The number of rotatable bonds is 9. The maximum atomic E-state index is 13.3. The third kappa shape index (κ3) is 6.77. The van der Waals surface area contributed by atoms with Gasteiger partial charge < -0.3 is 78.4 Å². The lowest BCUT2D eigenvalue weighted by molar-refractivity contribution is -0.354. The maximum Gasteiger partial charge on any atom is 0.302 e. The molecular weight excluding hydrogens is 660 g/mol. The molecule has 2 aliphatic heterocycles. The van der Waals surface area contributed by atoms with Crippen molar-refractivity contribution in [1.29, 1.82) is 0 Å². The first-order valence-electron chi connectivity index (χ1n) is 14.8. The Bertz CT molecular complexity index is 1740. The molecule has 0 saturated carbocycles. The minimum absolute atomic E-state index is 0.0143. The molecule has 49 heavy (non-hydrogen) atoms. The zero-order valence-electron chi connectivity index (χ0n) is 26.5. The molecule has 2 saturated heterocycles. The molecule has 2 fully saturated rings. The molecule has 5 rings (SSSR count). The van der Waals surface area contributed by atoms with E-state index < -0.39 is 113 Å². The lowest BCUT2D eigenvalue weighted by Crippen LogP contribution is -2.64. The van der Waals surface area contributed by atoms with E-state index in [1.54, 1.807) is 0 Å². The fourth-order valence-corrected chi connectivity index (χ4v) is 5.48. The number of phenolic OH excluding ortho intramolecular Hbond substituents is 2. The first-order chi connectivity index (χ1) is 23.2. The number of carbonyl (C=O) groups is 1. The number of aromatic hydroxyl groups is 3. The molecule has 2 aliphatic rings. The number of fused-ring (bicyclic) bond motifs is 1. The summed E-state index contributed by atoms with van der Waals surface area (Å²) >= 11 is 0. The van der Waals surface area contributed by atoms with Gasteiger partial charge in [0.2, 0.25) is 23.2 Å². The summed E-state index contributed by atoms with van der Waals surface area (Å²) in [7, 11) is 2.44. The second kappa shape index (κ2) is 14.2. The van der Waals surface area contributed by atoms with E-state index in [1.807, 2.05) is 0 Å². The predicted molar refractivity (Wildman–Crippen MR) is 161 cm³/mol. The van der Waals surface area contributed by atoms with E-state index >= 15 is 0 Å². The number of ether oxygens (including phenoxy) is 7. The highest BCUT2D eigenvalue weighted by Crippen LogP contribution is 2.45. The van der Waals surface area contributed by atoms with Gasteiger partial charge in [0, 0.05) is 18.6 Å². The van der Waals surface area contributed by atoms with E-state index in [9.17, 15) is 50.4 Å². The van der Waals surface area contributed by atoms with Gasteiger partial charge >= 0.3 is 5.97 Å². The van der Waals surface area contributed by atoms with Crippen molar-refractivity contribution in [2.75, 3.05) is 20.8 Å². The third-order valence-electron chi connectivity index (χ3n) is 8.13. The van der Waals surface area contributed by atoms with Crippen molar-refractivity contribution >= 4 is 16.9 Å². The summed E-state index contributed by atoms with van der Waals surface area (Å²) in [5, 5.41) is 84.1. The molecule has 18 nitrogen and oxygen atoms in total. The molecule has 268 valence electrons. The molecule has 0 unspecified atom stereocenters. The van der Waals surface area contributed by atoms with Gasteiger partial charge in [-0.05, 0) is 25.1 Å². The molecule has 0 aliphatic carbocycles. The topological polar surface area (TPSA) is 274 Å². The van der Waals surface area contributed by atoms with Gasteiger partial charge in [0.15, 0.2) is 41.0 Å². The van der Waals surface area contributed by atoms with Crippen LogP contribution in [-0.2, 0) is 23.7 Å². The van der Waals surface area contributed by atoms with Crippen LogP contribution in [0.4, 0.5) is 0 Å². The molecule has 0 bridgehead atoms. The number of esters is 1. The number of carbonyl (C=O) groups excluding carboxylic acids is 1. The first kappa shape index (κ1) is 35.9. The number of aliphatic hydroxyl groups is 5. The highest BCUT2D eigenvalue weighted by molar-refractivity contribution is 5.93. The monoisotopic (exact) mass is 696 g/mol. The molecule has 0 radical (unpaired) electrons. The SMILES string of the molecule is COc1cc(-c2oc3c(OC)c(O[C@H]4O[C@@H](COC(C)=O)[C@H](O)[C@@H](O)[C@@H]4O[C@H]4O[C@@H](C)[C@H](O)[C@H](O)[C@H]4O)cc(O)c3c(=O)c2O)ccc1O. The second-order valence-corrected chi connectivity index (χ2v) is 11.4. The van der Waals surface area contributed by atoms with Crippen LogP contribution in [0.2, 0.25) is 0 Å². The van der Waals surface area contributed by atoms with Crippen LogP contribution in [0.25, 0.3) is 22.3 Å². The van der Waals surface area contributed by atoms with Crippen molar-refractivity contribution in [3.63, 3.8) is 0 Å². The van der Waals surface area contributed by atoms with Crippen LogP contribution >= 0.6 is 0 Å². The largest absolute Gasteiger partial charge is 0.507 e. The van der Waals surface area contributed by atoms with Crippen molar-refractivity contribution in [2.45, 2.75) is 75.3 Å². The molecule has 2 aromatic carbocycles. The predicted octanol–water partition coefficient (Wildman–Crippen LogP) is -0.805. The smallest absolute Gasteiger partial charge is 0.302 e. The Labute approximate surface area is 276 Å². The van der Waals surface area contributed by atoms with Gasteiger partial charge in [0.25, 0.3) is 0 Å². The van der Waals surface area contributed by atoms with Crippen LogP contribution < -0.4 is 19.6 Å². The highest BCUT2D eigenvalue weighted by atomic mass is 16.8. The zero-order chi connectivity index (χ0) is 35.9. The average Bonchev–Trinajstić information content (AvgIpc) is 3.06. The van der Waals surface area contributed by atoms with Gasteiger partial charge in [-0.25, -0.2) is 0 Å². The van der Waals surface area contributed by atoms with Crippen LogP contribution in [0, 0.1) is 0 Å². The van der Waals surface area contributed by atoms with Gasteiger partial charge in [-0.15, -0.1) is 0 Å². The molecule has 3 heterocycles. The number of hydrogen-bond donors (Lipinski definition) is 8. The third-order valence-corrected chi connectivity index (χ3v) is 8.13. The molecule has 8 N–H and O–H groups in total. The summed E-state index contributed by atoms with van der Waals surface area (Å²) in [5.41, 5.74) is -1.41. The van der Waals surface area contributed by atoms with Crippen LogP contribution in [-0.4, -0.2) is 129 Å². The number of aliphatic hydroxyl groups excluding tert-OH is 5. The standard InChI is InChI=1S/C31H36O18/c1-10-19(35)22(38)25(41)30(45-10)49-29-23(39)20(36)17(9-44-11(2)32)47-31(29)46-16-8-14(34)18-21(37)24(40)26(48-28(18)27(16)43-4)12-5-6-13(33)15(7-12)42-3/h5-8,10,17,19-20,22-23,25,29-31,33-36,38-41H,9H2,1-4H3/t10-,17-,19-,20-,22-,23+,25+,29-,30+,31-/m0/s1. The molecule has 18 heteroatoms. The average molecular weight is 697 g/mol. The fourth-order valence-electron chi connectivity index (χ4n) is 5.48. The summed E-state index contributed by atoms with van der Waals surface area (Å²) in [4.78, 5) is 24.8. The summed E-state index contributed by atoms with van der Waals surface area (Å²) in [5.74, 6) is -3.77. The van der Waals surface area contributed by atoms with E-state index in [0.29, 0.717) is 0 Å². The Hall–Kier alpha value is -4.40. The number of methoxy groups -OCH3 is 2. The van der Waals surface area contributed by atoms with Gasteiger partial charge in [-0.1, -0.05) is 0 Å². The van der Waals surface area contributed by atoms with E-state index in [-0.39, 0.29) is 22.8 Å². The summed E-state index contributed by atoms with van der Waals surface area (Å²) in [6.07, 6.45) is -16.4. The molecular formula is C31H36O18. The van der Waals surface area contributed by atoms with E-state index in [4.69, 9.17) is 37.6 Å². The Morgan fingerprint density at radius 2 is 1.55 bits per heavy atom. The Kier molecular flexibility index (Phi) is 10.4. The van der Waals surface area contributed by atoms with Crippen LogP contribution in [0.15, 0.2) is 33.5 Å². The number of hydrogen-bond acceptors (Lipinski definition) is 18.